The van der Waals surface area contributed by atoms with E-state index in [0.29, 0.717) is 6.04 Å². The fraction of sp³-hybridized carbons (Fsp3) is 0.778. The van der Waals surface area contributed by atoms with Crippen LogP contribution >= 0.6 is 0 Å². The molecule has 6 heteroatoms. The third kappa shape index (κ3) is 3.64. The quantitative estimate of drug-likeness (QED) is 0.834. The largest absolute Gasteiger partial charge is 0.353 e. The van der Waals surface area contributed by atoms with E-state index in [-0.39, 0.29) is 17.7 Å². The van der Waals surface area contributed by atoms with E-state index in [2.05, 4.69) is 20.6 Å². The van der Waals surface area contributed by atoms with E-state index in [1.807, 2.05) is 24.1 Å². The molecule has 3 heterocycles. The molecule has 1 aliphatic carbocycles. The van der Waals surface area contributed by atoms with Crippen LogP contribution in [0.1, 0.15) is 37.2 Å². The highest BCUT2D eigenvalue weighted by Crippen LogP contribution is 2.31. The summed E-state index contributed by atoms with van der Waals surface area (Å²) in [5, 5.41) is 11.0. The number of aryl methyl sites for hydroxylation is 1. The molecule has 1 saturated carbocycles. The second kappa shape index (κ2) is 6.84. The third-order valence-corrected chi connectivity index (χ3v) is 5.85. The highest BCUT2D eigenvalue weighted by atomic mass is 16.2. The number of hydrogen-bond donors (Lipinski definition) is 2. The summed E-state index contributed by atoms with van der Waals surface area (Å²) in [5.41, 5.74) is 1.17. The first-order valence-electron chi connectivity index (χ1n) is 9.41. The summed E-state index contributed by atoms with van der Waals surface area (Å²) in [6, 6.07) is 0.350. The molecule has 0 aromatic carbocycles. The van der Waals surface area contributed by atoms with E-state index in [1.54, 1.807) is 0 Å². The Bertz CT molecular complexity index is 574. The van der Waals surface area contributed by atoms with Crippen LogP contribution in [0.4, 0.5) is 0 Å². The van der Waals surface area contributed by atoms with Crippen LogP contribution in [-0.4, -0.2) is 59.4 Å². The van der Waals surface area contributed by atoms with Gasteiger partial charge in [-0.25, -0.2) is 0 Å². The zero-order valence-electron chi connectivity index (χ0n) is 14.6. The maximum atomic E-state index is 12.8. The SMILES string of the molecule is Cn1cc([C@H]2CNC[C@@H]2C(=O)NC2CCN(CC3CC3)CC2)cn1. The summed E-state index contributed by atoms with van der Waals surface area (Å²) in [5.74, 6) is 1.45. The number of aromatic nitrogens is 2. The Balaban J connectivity index is 1.29. The average molecular weight is 331 g/mol. The Morgan fingerprint density at radius 1 is 1.29 bits per heavy atom. The van der Waals surface area contributed by atoms with Crippen molar-refractivity contribution in [2.45, 2.75) is 37.6 Å². The van der Waals surface area contributed by atoms with Gasteiger partial charge in [0.15, 0.2) is 0 Å². The Morgan fingerprint density at radius 2 is 2.08 bits per heavy atom. The van der Waals surface area contributed by atoms with Crippen LogP contribution in [0.25, 0.3) is 0 Å². The Kier molecular flexibility index (Phi) is 4.59. The van der Waals surface area contributed by atoms with E-state index in [0.717, 1.165) is 44.9 Å². The minimum atomic E-state index is 0.0266. The smallest absolute Gasteiger partial charge is 0.225 e. The molecule has 3 aliphatic rings. The summed E-state index contributed by atoms with van der Waals surface area (Å²) in [6.07, 6.45) is 8.96. The maximum absolute atomic E-state index is 12.8. The number of piperidine rings is 1. The van der Waals surface area contributed by atoms with Crippen molar-refractivity contribution in [3.8, 4) is 0 Å². The van der Waals surface area contributed by atoms with Gasteiger partial charge in [-0.15, -0.1) is 0 Å². The molecule has 4 rings (SSSR count). The molecule has 3 fully saturated rings. The summed E-state index contributed by atoms with van der Waals surface area (Å²) >= 11 is 0. The Labute approximate surface area is 144 Å². The summed E-state index contributed by atoms with van der Waals surface area (Å²) in [7, 11) is 1.93. The Morgan fingerprint density at radius 3 is 2.75 bits per heavy atom. The van der Waals surface area contributed by atoms with Gasteiger partial charge in [0.25, 0.3) is 0 Å². The number of hydrogen-bond acceptors (Lipinski definition) is 4. The van der Waals surface area contributed by atoms with E-state index in [4.69, 9.17) is 0 Å². The average Bonchev–Trinajstić information content (AvgIpc) is 3.08. The van der Waals surface area contributed by atoms with Crippen molar-refractivity contribution in [3.63, 3.8) is 0 Å². The molecule has 0 radical (unpaired) electrons. The molecule has 6 nitrogen and oxygen atoms in total. The predicted octanol–water partition coefficient (Wildman–Crippen LogP) is 0.714. The van der Waals surface area contributed by atoms with Crippen molar-refractivity contribution in [3.05, 3.63) is 18.0 Å². The van der Waals surface area contributed by atoms with Crippen molar-refractivity contribution in [2.75, 3.05) is 32.7 Å². The van der Waals surface area contributed by atoms with Crippen molar-refractivity contribution in [2.24, 2.45) is 18.9 Å². The first-order chi connectivity index (χ1) is 11.7. The molecule has 132 valence electrons. The van der Waals surface area contributed by atoms with Crippen LogP contribution in [0.15, 0.2) is 12.4 Å². The van der Waals surface area contributed by atoms with Gasteiger partial charge in [0.2, 0.25) is 5.91 Å². The van der Waals surface area contributed by atoms with Crippen molar-refractivity contribution in [1.82, 2.24) is 25.3 Å². The van der Waals surface area contributed by atoms with Gasteiger partial charge >= 0.3 is 0 Å². The third-order valence-electron chi connectivity index (χ3n) is 5.85. The minimum absolute atomic E-state index is 0.0266. The van der Waals surface area contributed by atoms with Crippen molar-refractivity contribution >= 4 is 5.91 Å². The molecule has 0 bridgehead atoms. The highest BCUT2D eigenvalue weighted by molar-refractivity contribution is 5.80. The zero-order chi connectivity index (χ0) is 16.5. The number of carbonyl (C=O) groups is 1. The van der Waals surface area contributed by atoms with E-state index >= 15 is 0 Å². The minimum Gasteiger partial charge on any atom is -0.353 e. The van der Waals surface area contributed by atoms with Crippen LogP contribution in [0.3, 0.4) is 0 Å². The first-order valence-corrected chi connectivity index (χ1v) is 9.41. The van der Waals surface area contributed by atoms with Gasteiger partial charge in [-0.2, -0.15) is 5.10 Å². The van der Waals surface area contributed by atoms with Crippen LogP contribution in [0, 0.1) is 11.8 Å². The molecule has 1 aromatic heterocycles. The van der Waals surface area contributed by atoms with Crippen LogP contribution in [0.2, 0.25) is 0 Å². The standard InChI is InChI=1S/C18H29N5O/c1-22-12-14(8-20-22)16-9-19-10-17(16)18(24)21-15-4-6-23(7-5-15)11-13-2-3-13/h8,12-13,15-17,19H,2-7,9-11H2,1H3,(H,21,24)/t16-,17+/m1/s1. The number of carbonyl (C=O) groups excluding carboxylic acids is 1. The topological polar surface area (TPSA) is 62.2 Å². The molecule has 1 amide bonds. The molecular formula is C18H29N5O. The lowest BCUT2D eigenvalue weighted by Crippen LogP contribution is -2.47. The van der Waals surface area contributed by atoms with Gasteiger partial charge in [0.1, 0.15) is 0 Å². The molecule has 24 heavy (non-hydrogen) atoms. The fourth-order valence-corrected chi connectivity index (χ4v) is 4.17. The van der Waals surface area contributed by atoms with Crippen LogP contribution in [-0.2, 0) is 11.8 Å². The predicted molar refractivity (Wildman–Crippen MR) is 92.6 cm³/mol. The zero-order valence-corrected chi connectivity index (χ0v) is 14.6. The van der Waals surface area contributed by atoms with Crippen molar-refractivity contribution in [1.29, 1.82) is 0 Å². The lowest BCUT2D eigenvalue weighted by Gasteiger charge is -2.33. The summed E-state index contributed by atoms with van der Waals surface area (Å²) in [6.45, 7) is 5.18. The van der Waals surface area contributed by atoms with E-state index in [9.17, 15) is 4.79 Å². The Hall–Kier alpha value is -1.40. The van der Waals surface area contributed by atoms with Gasteiger partial charge in [0.05, 0.1) is 12.1 Å². The maximum Gasteiger partial charge on any atom is 0.225 e. The lowest BCUT2D eigenvalue weighted by atomic mass is 9.89. The molecular weight excluding hydrogens is 302 g/mol. The van der Waals surface area contributed by atoms with Crippen molar-refractivity contribution < 1.29 is 4.79 Å². The normalized spacial score (nSPS) is 29.0. The number of nitrogens with one attached hydrogen (secondary N) is 2. The number of amides is 1. The molecule has 2 aliphatic heterocycles. The second-order valence-corrected chi connectivity index (χ2v) is 7.85. The van der Waals surface area contributed by atoms with Crippen LogP contribution in [0.5, 0.6) is 0 Å². The van der Waals surface area contributed by atoms with Gasteiger partial charge in [-0.05, 0) is 37.2 Å². The van der Waals surface area contributed by atoms with Crippen LogP contribution < -0.4 is 10.6 Å². The van der Waals surface area contributed by atoms with Gasteiger partial charge in [-0.3, -0.25) is 9.48 Å². The number of nitrogens with zero attached hydrogens (tertiary/aromatic N) is 3. The molecule has 2 N–H and O–H groups in total. The summed E-state index contributed by atoms with van der Waals surface area (Å²) < 4.78 is 1.82. The van der Waals surface area contributed by atoms with Gasteiger partial charge in [0, 0.05) is 57.9 Å². The summed E-state index contributed by atoms with van der Waals surface area (Å²) in [4.78, 5) is 15.4. The molecule has 0 unspecified atom stereocenters. The molecule has 2 atom stereocenters. The molecule has 1 aromatic rings. The van der Waals surface area contributed by atoms with Gasteiger partial charge < -0.3 is 15.5 Å². The molecule has 2 saturated heterocycles. The second-order valence-electron chi connectivity index (χ2n) is 7.85. The van der Waals surface area contributed by atoms with E-state index < -0.39 is 0 Å². The number of rotatable bonds is 5. The highest BCUT2D eigenvalue weighted by Gasteiger charge is 2.36. The lowest BCUT2D eigenvalue weighted by molar-refractivity contribution is -0.125. The van der Waals surface area contributed by atoms with E-state index in [1.165, 1.54) is 24.9 Å². The van der Waals surface area contributed by atoms with Gasteiger partial charge in [-0.1, -0.05) is 0 Å². The fourth-order valence-electron chi connectivity index (χ4n) is 4.17. The monoisotopic (exact) mass is 331 g/mol. The molecule has 0 spiro atoms. The first kappa shape index (κ1) is 16.1. The number of likely N-dealkylation sites (tertiary alicyclic amines) is 1.